The number of aromatic amines is 1. The molecule has 0 spiro atoms. The van der Waals surface area contributed by atoms with Crippen molar-refractivity contribution < 1.29 is 4.42 Å². The van der Waals surface area contributed by atoms with Gasteiger partial charge in [-0.1, -0.05) is 16.6 Å². The van der Waals surface area contributed by atoms with E-state index in [9.17, 15) is 0 Å². The first-order valence-corrected chi connectivity index (χ1v) is 9.37. The highest BCUT2D eigenvalue weighted by Gasteiger charge is 2.08. The molecule has 142 valence electrons. The number of nitrogens with zero attached hydrogens (tertiary/aromatic N) is 6. The van der Waals surface area contributed by atoms with Crippen LogP contribution in [0.15, 0.2) is 64.9 Å². The average molecular weight is 403 g/mol. The summed E-state index contributed by atoms with van der Waals surface area (Å²) in [5.74, 6) is 2.03. The Kier molecular flexibility index (Phi) is 4.39. The molecule has 0 bridgehead atoms. The molecule has 0 radical (unpaired) electrons. The second-order valence-corrected chi connectivity index (χ2v) is 6.50. The number of nitrogens with one attached hydrogen (secondary N) is 3. The van der Waals surface area contributed by atoms with E-state index in [2.05, 4.69) is 45.4 Å². The molecular weight excluding hydrogens is 390 g/mol. The van der Waals surface area contributed by atoms with Gasteiger partial charge in [0, 0.05) is 22.7 Å². The van der Waals surface area contributed by atoms with Crippen LogP contribution in [0.4, 0.5) is 23.4 Å². The van der Waals surface area contributed by atoms with Crippen molar-refractivity contribution in [2.45, 2.75) is 0 Å². The van der Waals surface area contributed by atoms with Crippen molar-refractivity contribution in [3.63, 3.8) is 0 Å². The predicted octanol–water partition coefficient (Wildman–Crippen LogP) is 3.86. The first kappa shape index (κ1) is 17.0. The van der Waals surface area contributed by atoms with Gasteiger partial charge in [-0.05, 0) is 35.8 Å². The molecule has 4 heterocycles. The van der Waals surface area contributed by atoms with Crippen molar-refractivity contribution in [2.24, 2.45) is 0 Å². The van der Waals surface area contributed by atoms with Crippen LogP contribution in [0, 0.1) is 0 Å². The number of furan rings is 1. The number of H-pyrrole nitrogens is 1. The van der Waals surface area contributed by atoms with Crippen LogP contribution in [-0.4, -0.2) is 34.7 Å². The molecule has 0 atom stereocenters. The SMILES string of the molecule is c1coc(-c2cc(Nc3ncnc(Nc4ccc(-c5csnn5)cc4)n3)n[nH]2)c1. The van der Waals surface area contributed by atoms with Gasteiger partial charge in [-0.3, -0.25) is 5.10 Å². The van der Waals surface area contributed by atoms with Crippen LogP contribution in [0.2, 0.25) is 0 Å². The van der Waals surface area contributed by atoms with Crippen molar-refractivity contribution in [2.75, 3.05) is 10.6 Å². The fourth-order valence-electron chi connectivity index (χ4n) is 2.62. The molecule has 0 aliphatic carbocycles. The Morgan fingerprint density at radius 2 is 1.86 bits per heavy atom. The van der Waals surface area contributed by atoms with Crippen LogP contribution in [0.5, 0.6) is 0 Å². The zero-order valence-electron chi connectivity index (χ0n) is 14.8. The molecule has 0 aliphatic heterocycles. The van der Waals surface area contributed by atoms with Crippen molar-refractivity contribution in [3.05, 3.63) is 60.4 Å². The van der Waals surface area contributed by atoms with E-state index in [1.165, 1.54) is 17.9 Å². The van der Waals surface area contributed by atoms with Gasteiger partial charge in [-0.2, -0.15) is 10.1 Å². The smallest absolute Gasteiger partial charge is 0.233 e. The van der Waals surface area contributed by atoms with Gasteiger partial charge in [0.15, 0.2) is 11.6 Å². The number of anilines is 4. The third-order valence-electron chi connectivity index (χ3n) is 3.97. The van der Waals surface area contributed by atoms with Crippen LogP contribution in [0.1, 0.15) is 0 Å². The molecule has 10 nitrogen and oxygen atoms in total. The largest absolute Gasteiger partial charge is 0.463 e. The molecule has 1 aromatic carbocycles. The predicted molar refractivity (Wildman–Crippen MR) is 108 cm³/mol. The van der Waals surface area contributed by atoms with Crippen molar-refractivity contribution in [3.8, 4) is 22.7 Å². The lowest BCUT2D eigenvalue weighted by Gasteiger charge is -2.06. The zero-order valence-corrected chi connectivity index (χ0v) is 15.6. The maximum atomic E-state index is 5.34. The van der Waals surface area contributed by atoms with Crippen LogP contribution >= 0.6 is 11.5 Å². The van der Waals surface area contributed by atoms with E-state index < -0.39 is 0 Å². The normalized spacial score (nSPS) is 10.8. The lowest BCUT2D eigenvalue weighted by Crippen LogP contribution is -2.02. The highest BCUT2D eigenvalue weighted by Crippen LogP contribution is 2.23. The summed E-state index contributed by atoms with van der Waals surface area (Å²) in [6, 6.07) is 13.2. The van der Waals surface area contributed by atoms with Gasteiger partial charge in [0.1, 0.15) is 17.7 Å². The molecule has 11 heteroatoms. The summed E-state index contributed by atoms with van der Waals surface area (Å²) in [7, 11) is 0. The summed E-state index contributed by atoms with van der Waals surface area (Å²) in [6.45, 7) is 0. The Hall–Kier alpha value is -4.12. The Morgan fingerprint density at radius 1 is 1.00 bits per heavy atom. The number of aromatic nitrogens is 7. The van der Waals surface area contributed by atoms with Gasteiger partial charge < -0.3 is 15.1 Å². The van der Waals surface area contributed by atoms with Crippen molar-refractivity contribution in [1.29, 1.82) is 0 Å². The molecule has 5 aromatic rings. The molecular formula is C18H13N9OS. The number of hydrogen-bond acceptors (Lipinski definition) is 10. The average Bonchev–Trinajstić information content (AvgIpc) is 3.51. The summed E-state index contributed by atoms with van der Waals surface area (Å²) < 4.78 is 9.22. The second-order valence-electron chi connectivity index (χ2n) is 5.89. The van der Waals surface area contributed by atoms with Crippen LogP contribution in [-0.2, 0) is 0 Å². The van der Waals surface area contributed by atoms with E-state index in [0.29, 0.717) is 23.5 Å². The molecule has 0 unspecified atom stereocenters. The van der Waals surface area contributed by atoms with E-state index in [1.807, 2.05) is 47.8 Å². The molecule has 0 fully saturated rings. The topological polar surface area (TPSA) is 130 Å². The lowest BCUT2D eigenvalue weighted by molar-refractivity contribution is 0.580. The van der Waals surface area contributed by atoms with Gasteiger partial charge in [-0.25, -0.2) is 9.97 Å². The summed E-state index contributed by atoms with van der Waals surface area (Å²) in [5, 5.41) is 19.2. The van der Waals surface area contributed by atoms with E-state index in [0.717, 1.165) is 22.6 Å². The molecule has 5 rings (SSSR count). The third kappa shape index (κ3) is 3.80. The molecule has 0 amide bonds. The molecule has 0 saturated heterocycles. The van der Waals surface area contributed by atoms with Crippen molar-refractivity contribution in [1.82, 2.24) is 34.7 Å². The quantitative estimate of drug-likeness (QED) is 0.387. The Morgan fingerprint density at radius 3 is 2.62 bits per heavy atom. The van der Waals surface area contributed by atoms with Crippen molar-refractivity contribution >= 4 is 34.9 Å². The van der Waals surface area contributed by atoms with Crippen LogP contribution in [0.25, 0.3) is 22.7 Å². The third-order valence-corrected chi connectivity index (χ3v) is 4.48. The first-order chi connectivity index (χ1) is 14.3. The minimum absolute atomic E-state index is 0.366. The van der Waals surface area contributed by atoms with Gasteiger partial charge in [0.25, 0.3) is 0 Å². The summed E-state index contributed by atoms with van der Waals surface area (Å²) in [6.07, 6.45) is 3.03. The van der Waals surface area contributed by atoms with Crippen LogP contribution < -0.4 is 10.6 Å². The summed E-state index contributed by atoms with van der Waals surface area (Å²) in [4.78, 5) is 12.7. The maximum Gasteiger partial charge on any atom is 0.233 e. The zero-order chi connectivity index (χ0) is 19.5. The minimum Gasteiger partial charge on any atom is -0.463 e. The van der Waals surface area contributed by atoms with E-state index >= 15 is 0 Å². The lowest BCUT2D eigenvalue weighted by atomic mass is 10.1. The van der Waals surface area contributed by atoms with Gasteiger partial charge in [0.2, 0.25) is 11.9 Å². The number of benzene rings is 1. The standard InChI is InChI=1S/C18H13N9OS/c1-2-15(28-7-1)13-8-16(26-24-13)22-18-20-10-19-17(23-18)21-12-5-3-11(4-6-12)14-9-29-27-25-14/h1-10H,(H3,19,20,21,22,23,24,26). The van der Waals surface area contributed by atoms with Crippen LogP contribution in [0.3, 0.4) is 0 Å². The van der Waals surface area contributed by atoms with Gasteiger partial charge in [0.05, 0.1) is 6.26 Å². The highest BCUT2D eigenvalue weighted by molar-refractivity contribution is 7.03. The highest BCUT2D eigenvalue weighted by atomic mass is 32.1. The van der Waals surface area contributed by atoms with Gasteiger partial charge in [-0.15, -0.1) is 5.10 Å². The molecule has 0 aliphatic rings. The Labute approximate surface area is 168 Å². The number of rotatable bonds is 6. The van der Waals surface area contributed by atoms with E-state index in [-0.39, 0.29) is 0 Å². The van der Waals surface area contributed by atoms with Gasteiger partial charge >= 0.3 is 0 Å². The fraction of sp³-hybridized carbons (Fsp3) is 0. The minimum atomic E-state index is 0.366. The maximum absolute atomic E-state index is 5.34. The summed E-state index contributed by atoms with van der Waals surface area (Å²) >= 11 is 1.32. The monoisotopic (exact) mass is 403 g/mol. The Bertz CT molecular complexity index is 1200. The van der Waals surface area contributed by atoms with E-state index in [1.54, 1.807) is 6.26 Å². The second kappa shape index (κ2) is 7.48. The fourth-order valence-corrected chi connectivity index (χ4v) is 3.08. The first-order valence-electron chi connectivity index (χ1n) is 8.53. The molecule has 29 heavy (non-hydrogen) atoms. The Balaban J connectivity index is 1.28. The number of hydrogen-bond donors (Lipinski definition) is 3. The van der Waals surface area contributed by atoms with E-state index in [4.69, 9.17) is 4.42 Å². The molecule has 4 aromatic heterocycles. The molecule has 0 saturated carbocycles. The molecule has 3 N–H and O–H groups in total. The summed E-state index contributed by atoms with van der Waals surface area (Å²) in [5.41, 5.74) is 3.43.